The van der Waals surface area contributed by atoms with Gasteiger partial charge in [0, 0.05) is 10.7 Å². The summed E-state index contributed by atoms with van der Waals surface area (Å²) in [6, 6.07) is 14.6. The van der Waals surface area contributed by atoms with Crippen molar-refractivity contribution in [1.29, 1.82) is 0 Å². The van der Waals surface area contributed by atoms with Crippen molar-refractivity contribution in [2.45, 2.75) is 15.0 Å². The molecule has 0 bridgehead atoms. The molecule has 0 fully saturated rings. The van der Waals surface area contributed by atoms with Gasteiger partial charge in [-0.1, -0.05) is 29.4 Å². The Balaban J connectivity index is 1.61. The topological polar surface area (TPSA) is 89.3 Å². The van der Waals surface area contributed by atoms with Crippen molar-refractivity contribution in [3.63, 3.8) is 0 Å². The summed E-state index contributed by atoms with van der Waals surface area (Å²) < 4.78 is 45.2. The maximum atomic E-state index is 13.2. The van der Waals surface area contributed by atoms with E-state index >= 15 is 0 Å². The van der Waals surface area contributed by atoms with Gasteiger partial charge in [0.05, 0.1) is 15.5 Å². The average molecular weight is 509 g/mol. The Labute approximate surface area is 196 Å². The number of benzene rings is 2. The maximum absolute atomic E-state index is 13.2. The number of rotatable bonds is 7. The number of aromatic nitrogens is 1. The molecule has 0 atom stereocenters. The molecule has 0 spiro atoms. The van der Waals surface area contributed by atoms with Crippen molar-refractivity contribution >= 4 is 56.1 Å². The number of carbonyl (C=O) groups is 1. The summed E-state index contributed by atoms with van der Waals surface area (Å²) in [5.41, 5.74) is 0.419. The summed E-state index contributed by atoms with van der Waals surface area (Å²) in [6.45, 7) is 0. The molecule has 0 saturated carbocycles. The zero-order valence-corrected chi connectivity index (χ0v) is 19.3. The minimum Gasteiger partial charge on any atom is -0.428 e. The van der Waals surface area contributed by atoms with Gasteiger partial charge in [0.1, 0.15) is 5.82 Å². The van der Waals surface area contributed by atoms with Crippen LogP contribution in [-0.4, -0.2) is 25.1 Å². The minimum atomic E-state index is -4.02. The van der Waals surface area contributed by atoms with Crippen LogP contribution in [0.5, 0.6) is 0 Å². The number of amides is 1. The Morgan fingerprint density at radius 1 is 1.12 bits per heavy atom. The number of nitrogens with zero attached hydrogens (tertiary/aromatic N) is 1. The van der Waals surface area contributed by atoms with Crippen LogP contribution in [0.15, 0.2) is 85.5 Å². The van der Waals surface area contributed by atoms with E-state index in [1.165, 1.54) is 59.9 Å². The number of thiophene rings is 1. The molecule has 2 aromatic carbocycles. The van der Waals surface area contributed by atoms with Gasteiger partial charge >= 0.3 is 0 Å². The Kier molecular flexibility index (Phi) is 6.66. The lowest BCUT2D eigenvalue weighted by molar-refractivity contribution is -0.113. The van der Waals surface area contributed by atoms with Gasteiger partial charge in [0.15, 0.2) is 0 Å². The largest absolute Gasteiger partial charge is 0.428 e. The second-order valence-corrected chi connectivity index (χ2v) is 10.6. The molecule has 0 saturated heterocycles. The summed E-state index contributed by atoms with van der Waals surface area (Å²) in [4.78, 5) is 17.2. The smallest absolute Gasteiger partial charge is 0.238 e. The number of nitrogens with one attached hydrogen (secondary N) is 1. The molecule has 4 rings (SSSR count). The average Bonchev–Trinajstić information content (AvgIpc) is 3.44. The van der Waals surface area contributed by atoms with E-state index in [1.54, 1.807) is 12.1 Å². The van der Waals surface area contributed by atoms with Gasteiger partial charge < -0.3 is 9.73 Å². The fourth-order valence-electron chi connectivity index (χ4n) is 2.65. The fraction of sp³-hybridized carbons (Fsp3) is 0.0476. The zero-order chi connectivity index (χ0) is 22.7. The molecule has 1 N–H and O–H groups in total. The normalized spacial score (nSPS) is 11.4. The molecular formula is C21H14ClFN2O4S3. The standard InChI is InChI=1S/C21H14ClFN2O4S3/c22-13-3-9-16(10-4-13)32(27,28)20-21(29-19(25-20)17-2-1-11-30-17)31-12-18(26)24-15-7-5-14(23)6-8-15/h1-11H,12H2,(H,24,26). The lowest BCUT2D eigenvalue weighted by atomic mass is 10.3. The van der Waals surface area contributed by atoms with Crippen molar-refractivity contribution in [3.8, 4) is 10.8 Å². The summed E-state index contributed by atoms with van der Waals surface area (Å²) in [6.07, 6.45) is 0. The number of oxazole rings is 1. The number of anilines is 1. The monoisotopic (exact) mass is 508 g/mol. The fourth-order valence-corrected chi connectivity index (χ4v) is 5.75. The summed E-state index contributed by atoms with van der Waals surface area (Å²) >= 11 is 8.12. The van der Waals surface area contributed by atoms with Crippen molar-refractivity contribution in [2.24, 2.45) is 0 Å². The highest BCUT2D eigenvalue weighted by Crippen LogP contribution is 2.36. The van der Waals surface area contributed by atoms with Gasteiger partial charge in [0.2, 0.25) is 31.8 Å². The Morgan fingerprint density at radius 3 is 2.50 bits per heavy atom. The number of sulfone groups is 1. The highest BCUT2D eigenvalue weighted by atomic mass is 35.5. The van der Waals surface area contributed by atoms with Crippen LogP contribution >= 0.6 is 34.7 Å². The van der Waals surface area contributed by atoms with Gasteiger partial charge in [-0.2, -0.15) is 4.98 Å². The third-order valence-corrected chi connectivity index (χ3v) is 8.00. The van der Waals surface area contributed by atoms with Crippen LogP contribution in [0.1, 0.15) is 0 Å². The molecule has 32 heavy (non-hydrogen) atoms. The molecule has 1 amide bonds. The van der Waals surface area contributed by atoms with Crippen LogP contribution in [0.25, 0.3) is 10.8 Å². The highest BCUT2D eigenvalue weighted by molar-refractivity contribution is 8.00. The molecule has 2 heterocycles. The van der Waals surface area contributed by atoms with E-state index in [-0.39, 0.29) is 26.7 Å². The predicted molar refractivity (Wildman–Crippen MR) is 122 cm³/mol. The van der Waals surface area contributed by atoms with Crippen LogP contribution in [0, 0.1) is 5.82 Å². The van der Waals surface area contributed by atoms with E-state index in [4.69, 9.17) is 16.0 Å². The molecule has 4 aromatic rings. The van der Waals surface area contributed by atoms with Crippen LogP contribution in [0.4, 0.5) is 10.1 Å². The van der Waals surface area contributed by atoms with Gasteiger partial charge in [-0.05, 0) is 60.0 Å². The Bertz CT molecular complexity index is 1340. The van der Waals surface area contributed by atoms with E-state index < -0.39 is 21.6 Å². The summed E-state index contributed by atoms with van der Waals surface area (Å²) in [5.74, 6) is -0.823. The molecule has 11 heteroatoms. The first-order chi connectivity index (χ1) is 15.3. The Hall–Kier alpha value is -2.66. The van der Waals surface area contributed by atoms with Gasteiger partial charge in [-0.15, -0.1) is 11.3 Å². The van der Waals surface area contributed by atoms with E-state index in [1.807, 2.05) is 5.38 Å². The van der Waals surface area contributed by atoms with Crippen molar-refractivity contribution in [1.82, 2.24) is 4.98 Å². The van der Waals surface area contributed by atoms with Gasteiger partial charge in [-0.3, -0.25) is 4.79 Å². The Morgan fingerprint density at radius 2 is 1.84 bits per heavy atom. The molecule has 0 aliphatic rings. The van der Waals surface area contributed by atoms with Crippen LogP contribution in [-0.2, 0) is 14.6 Å². The van der Waals surface area contributed by atoms with E-state index in [9.17, 15) is 17.6 Å². The van der Waals surface area contributed by atoms with E-state index in [0.29, 0.717) is 15.6 Å². The first kappa shape index (κ1) is 22.5. The zero-order valence-electron chi connectivity index (χ0n) is 16.1. The number of hydrogen-bond acceptors (Lipinski definition) is 7. The number of halogens is 2. The maximum Gasteiger partial charge on any atom is 0.238 e. The number of thioether (sulfide) groups is 1. The number of carbonyl (C=O) groups excluding carboxylic acids is 1. The quantitative estimate of drug-likeness (QED) is 0.319. The van der Waals surface area contributed by atoms with E-state index in [2.05, 4.69) is 10.3 Å². The molecule has 0 radical (unpaired) electrons. The SMILES string of the molecule is O=C(CSc1oc(-c2cccs2)nc1S(=O)(=O)c1ccc(Cl)cc1)Nc1ccc(F)cc1. The van der Waals surface area contributed by atoms with Gasteiger partial charge in [-0.25, -0.2) is 12.8 Å². The van der Waals surface area contributed by atoms with Crippen molar-refractivity contribution in [3.05, 3.63) is 76.9 Å². The lowest BCUT2D eigenvalue weighted by Crippen LogP contribution is -2.14. The first-order valence-electron chi connectivity index (χ1n) is 9.06. The molecular weight excluding hydrogens is 495 g/mol. The molecule has 0 aliphatic carbocycles. The van der Waals surface area contributed by atoms with E-state index in [0.717, 1.165) is 11.8 Å². The first-order valence-corrected chi connectivity index (χ1v) is 12.8. The van der Waals surface area contributed by atoms with Crippen LogP contribution < -0.4 is 5.32 Å². The van der Waals surface area contributed by atoms with Crippen molar-refractivity contribution < 1.29 is 22.0 Å². The van der Waals surface area contributed by atoms with Crippen LogP contribution in [0.3, 0.4) is 0 Å². The third-order valence-electron chi connectivity index (χ3n) is 4.14. The second kappa shape index (κ2) is 9.45. The molecule has 164 valence electrons. The predicted octanol–water partition coefficient (Wildman–Crippen LogP) is 5.76. The van der Waals surface area contributed by atoms with Crippen LogP contribution in [0.2, 0.25) is 5.02 Å². The highest BCUT2D eigenvalue weighted by Gasteiger charge is 2.29. The summed E-state index contributed by atoms with van der Waals surface area (Å²) in [7, 11) is -4.02. The minimum absolute atomic E-state index is 0.00222. The third kappa shape index (κ3) is 5.04. The lowest BCUT2D eigenvalue weighted by Gasteiger charge is -2.05. The molecule has 6 nitrogen and oxygen atoms in total. The molecule has 0 aliphatic heterocycles. The van der Waals surface area contributed by atoms with Crippen molar-refractivity contribution in [2.75, 3.05) is 11.1 Å². The second-order valence-electron chi connectivity index (χ2n) is 6.39. The molecule has 0 unspecified atom stereocenters. The molecule has 2 aromatic heterocycles. The summed E-state index contributed by atoms with van der Waals surface area (Å²) in [5, 5.41) is 4.56. The van der Waals surface area contributed by atoms with Gasteiger partial charge in [0.25, 0.3) is 0 Å². The number of hydrogen-bond donors (Lipinski definition) is 1.